The fourth-order valence-electron chi connectivity index (χ4n) is 4.49. The van der Waals surface area contributed by atoms with Gasteiger partial charge < -0.3 is 23.8 Å². The number of hydrogen-bond acceptors (Lipinski definition) is 8. The molecule has 8 nitrogen and oxygen atoms in total. The van der Waals surface area contributed by atoms with Crippen molar-refractivity contribution in [3.05, 3.63) is 36.5 Å². The van der Waals surface area contributed by atoms with E-state index in [1.807, 2.05) is 11.0 Å². The van der Waals surface area contributed by atoms with Gasteiger partial charge in [0.1, 0.15) is 18.9 Å². The molecule has 3 aliphatic heterocycles. The lowest BCUT2D eigenvalue weighted by atomic mass is 10.2. The topological polar surface area (TPSA) is 69.2 Å². The van der Waals surface area contributed by atoms with E-state index in [0.29, 0.717) is 30.3 Å². The SMILES string of the molecule is Cc1cc(N2CCOc3cnc(O[C@H]4CCN(C5C[CH]CCO5)C4)cc32)cnc1OC(F)F. The van der Waals surface area contributed by atoms with Crippen molar-refractivity contribution in [2.24, 2.45) is 0 Å². The van der Waals surface area contributed by atoms with Gasteiger partial charge in [-0.05, 0) is 38.7 Å². The van der Waals surface area contributed by atoms with E-state index in [9.17, 15) is 8.78 Å². The van der Waals surface area contributed by atoms with Crippen LogP contribution in [0.5, 0.6) is 17.5 Å². The number of alkyl halides is 2. The van der Waals surface area contributed by atoms with Gasteiger partial charge in [0.05, 0.1) is 30.3 Å². The highest BCUT2D eigenvalue weighted by Crippen LogP contribution is 2.39. The third-order valence-corrected chi connectivity index (χ3v) is 6.08. The predicted octanol–water partition coefficient (Wildman–Crippen LogP) is 3.71. The Bertz CT molecular complexity index is 973. The summed E-state index contributed by atoms with van der Waals surface area (Å²) in [5.74, 6) is 1.08. The summed E-state index contributed by atoms with van der Waals surface area (Å²) in [5, 5.41) is 0. The van der Waals surface area contributed by atoms with Crippen molar-refractivity contribution in [2.75, 3.05) is 37.7 Å². The Labute approximate surface area is 191 Å². The summed E-state index contributed by atoms with van der Waals surface area (Å²) in [5.41, 5.74) is 2.09. The molecule has 2 aromatic rings. The summed E-state index contributed by atoms with van der Waals surface area (Å²) >= 11 is 0. The molecular weight excluding hydrogens is 434 g/mol. The number of nitrogens with zero attached hydrogens (tertiary/aromatic N) is 4. The minimum absolute atomic E-state index is 0.0359. The molecule has 177 valence electrons. The van der Waals surface area contributed by atoms with Crippen molar-refractivity contribution < 1.29 is 27.7 Å². The highest BCUT2D eigenvalue weighted by Gasteiger charge is 2.31. The number of likely N-dealkylation sites (tertiary alicyclic amines) is 1. The molecule has 2 saturated heterocycles. The van der Waals surface area contributed by atoms with Gasteiger partial charge in [0.25, 0.3) is 0 Å². The van der Waals surface area contributed by atoms with Crippen LogP contribution in [0, 0.1) is 13.3 Å². The molecule has 0 amide bonds. The summed E-state index contributed by atoms with van der Waals surface area (Å²) in [6, 6.07) is 3.64. The number of hydrogen-bond donors (Lipinski definition) is 0. The molecule has 2 fully saturated rings. The van der Waals surface area contributed by atoms with E-state index in [1.165, 1.54) is 6.20 Å². The second kappa shape index (κ2) is 9.64. The monoisotopic (exact) mass is 461 g/mol. The van der Waals surface area contributed by atoms with Crippen LogP contribution in [0.25, 0.3) is 0 Å². The van der Waals surface area contributed by atoms with Crippen LogP contribution in [-0.4, -0.2) is 66.7 Å². The molecule has 10 heteroatoms. The fraction of sp³-hybridized carbons (Fsp3) is 0.522. The van der Waals surface area contributed by atoms with Crippen LogP contribution < -0.4 is 19.1 Å². The Morgan fingerprint density at radius 2 is 2.06 bits per heavy atom. The van der Waals surface area contributed by atoms with Gasteiger partial charge >= 0.3 is 6.61 Å². The molecule has 2 atom stereocenters. The summed E-state index contributed by atoms with van der Waals surface area (Å²) in [6.45, 7) is 2.34. The van der Waals surface area contributed by atoms with E-state index in [-0.39, 0.29) is 18.2 Å². The van der Waals surface area contributed by atoms with E-state index in [2.05, 4.69) is 26.0 Å². The number of halogens is 2. The second-order valence-electron chi connectivity index (χ2n) is 8.35. The van der Waals surface area contributed by atoms with Gasteiger partial charge in [0.2, 0.25) is 11.8 Å². The van der Waals surface area contributed by atoms with Crippen molar-refractivity contribution in [2.45, 2.75) is 45.1 Å². The normalized spacial score (nSPS) is 23.3. The molecule has 2 aromatic heterocycles. The predicted molar refractivity (Wildman–Crippen MR) is 116 cm³/mol. The molecule has 0 bridgehead atoms. The van der Waals surface area contributed by atoms with Crippen molar-refractivity contribution >= 4 is 11.4 Å². The number of fused-ring (bicyclic) bond motifs is 1. The lowest BCUT2D eigenvalue weighted by Gasteiger charge is -2.31. The zero-order chi connectivity index (χ0) is 22.8. The molecule has 0 spiro atoms. The van der Waals surface area contributed by atoms with Crippen molar-refractivity contribution in [3.63, 3.8) is 0 Å². The standard InChI is InChI=1S/C23H27F2N4O4/c1-15-10-16(12-27-22(15)33-23(24)25)29-7-9-30-19-13-26-20(11-18(19)29)32-17-5-6-28(14-17)21-4-2-3-8-31-21/h2,10-13,17,21,23H,3-9,14H2,1H3/t17-,21?/m0/s1. The maximum absolute atomic E-state index is 12.6. The van der Waals surface area contributed by atoms with Crippen LogP contribution in [0.1, 0.15) is 24.8 Å². The molecule has 5 heterocycles. The quantitative estimate of drug-likeness (QED) is 0.645. The van der Waals surface area contributed by atoms with Crippen molar-refractivity contribution in [3.8, 4) is 17.5 Å². The minimum Gasteiger partial charge on any atom is -0.488 e. The molecule has 0 saturated carbocycles. The zero-order valence-corrected chi connectivity index (χ0v) is 18.5. The first-order chi connectivity index (χ1) is 16.1. The average Bonchev–Trinajstić information content (AvgIpc) is 3.29. The third kappa shape index (κ3) is 4.96. The molecule has 0 aromatic carbocycles. The van der Waals surface area contributed by atoms with E-state index in [1.54, 1.807) is 19.2 Å². The number of ether oxygens (including phenoxy) is 4. The fourth-order valence-corrected chi connectivity index (χ4v) is 4.49. The lowest BCUT2D eigenvalue weighted by Crippen LogP contribution is -2.39. The first-order valence-electron chi connectivity index (χ1n) is 11.2. The Morgan fingerprint density at radius 3 is 2.85 bits per heavy atom. The molecule has 5 rings (SSSR count). The average molecular weight is 461 g/mol. The van der Waals surface area contributed by atoms with Crippen LogP contribution in [0.15, 0.2) is 24.5 Å². The number of anilines is 2. The minimum atomic E-state index is -2.91. The van der Waals surface area contributed by atoms with E-state index in [0.717, 1.165) is 50.3 Å². The van der Waals surface area contributed by atoms with Gasteiger partial charge in [-0.3, -0.25) is 4.90 Å². The van der Waals surface area contributed by atoms with Gasteiger partial charge in [0, 0.05) is 31.3 Å². The van der Waals surface area contributed by atoms with E-state index in [4.69, 9.17) is 14.2 Å². The highest BCUT2D eigenvalue weighted by molar-refractivity contribution is 5.71. The lowest BCUT2D eigenvalue weighted by molar-refractivity contribution is -0.0661. The van der Waals surface area contributed by atoms with Gasteiger partial charge in [0.15, 0.2) is 5.75 Å². The summed E-state index contributed by atoms with van der Waals surface area (Å²) in [7, 11) is 0. The zero-order valence-electron chi connectivity index (χ0n) is 18.5. The molecule has 0 N–H and O–H groups in total. The summed E-state index contributed by atoms with van der Waals surface area (Å²) in [6.07, 6.45) is 8.52. The summed E-state index contributed by atoms with van der Waals surface area (Å²) < 4.78 is 47.5. The Balaban J connectivity index is 1.30. The molecule has 3 aliphatic rings. The van der Waals surface area contributed by atoms with Crippen LogP contribution in [0.2, 0.25) is 0 Å². The van der Waals surface area contributed by atoms with E-state index >= 15 is 0 Å². The van der Waals surface area contributed by atoms with Crippen LogP contribution >= 0.6 is 0 Å². The Morgan fingerprint density at radius 1 is 1.15 bits per heavy atom. The number of aromatic nitrogens is 2. The van der Waals surface area contributed by atoms with E-state index < -0.39 is 6.61 Å². The Hall–Kier alpha value is -2.72. The molecular formula is C23H27F2N4O4. The summed E-state index contributed by atoms with van der Waals surface area (Å²) in [4.78, 5) is 12.9. The smallest absolute Gasteiger partial charge is 0.388 e. The molecule has 33 heavy (non-hydrogen) atoms. The second-order valence-corrected chi connectivity index (χ2v) is 8.35. The first kappa shape index (κ1) is 22.1. The highest BCUT2D eigenvalue weighted by atomic mass is 19.3. The van der Waals surface area contributed by atoms with Crippen LogP contribution in [0.4, 0.5) is 20.2 Å². The molecule has 0 aliphatic carbocycles. The van der Waals surface area contributed by atoms with Gasteiger partial charge in [-0.15, -0.1) is 0 Å². The third-order valence-electron chi connectivity index (χ3n) is 6.08. The van der Waals surface area contributed by atoms with Crippen molar-refractivity contribution in [1.82, 2.24) is 14.9 Å². The van der Waals surface area contributed by atoms with Crippen LogP contribution in [0.3, 0.4) is 0 Å². The Kier molecular flexibility index (Phi) is 6.45. The molecule has 1 radical (unpaired) electrons. The van der Waals surface area contributed by atoms with Gasteiger partial charge in [-0.2, -0.15) is 8.78 Å². The molecule has 1 unspecified atom stereocenters. The number of pyridine rings is 2. The maximum Gasteiger partial charge on any atom is 0.388 e. The van der Waals surface area contributed by atoms with Crippen molar-refractivity contribution in [1.29, 1.82) is 0 Å². The maximum atomic E-state index is 12.6. The van der Waals surface area contributed by atoms with Crippen LogP contribution in [-0.2, 0) is 4.74 Å². The van der Waals surface area contributed by atoms with Gasteiger partial charge in [-0.25, -0.2) is 9.97 Å². The number of aryl methyl sites for hydroxylation is 1. The largest absolute Gasteiger partial charge is 0.488 e. The first-order valence-corrected chi connectivity index (χ1v) is 11.2. The van der Waals surface area contributed by atoms with Gasteiger partial charge in [-0.1, -0.05) is 0 Å². The number of rotatable bonds is 6.